The van der Waals surface area contributed by atoms with Gasteiger partial charge in [-0.25, -0.2) is 0 Å². The van der Waals surface area contributed by atoms with Crippen LogP contribution in [0.15, 0.2) is 49.1 Å². The van der Waals surface area contributed by atoms with E-state index in [4.69, 9.17) is 0 Å². The van der Waals surface area contributed by atoms with Gasteiger partial charge in [0.25, 0.3) is 0 Å². The molecule has 0 spiro atoms. The van der Waals surface area contributed by atoms with Gasteiger partial charge in [-0.15, -0.1) is 6.58 Å². The molecule has 2 aromatic carbocycles. The number of hydrogen-bond acceptors (Lipinski definition) is 0. The lowest BCUT2D eigenvalue weighted by Crippen LogP contribution is -1.83. The lowest BCUT2D eigenvalue weighted by atomic mass is 10.0. The Morgan fingerprint density at radius 2 is 2.08 bits per heavy atom. The highest BCUT2D eigenvalue weighted by Gasteiger charge is 1.96. The third-order valence-corrected chi connectivity index (χ3v) is 2.16. The molecule has 0 amide bonds. The highest BCUT2D eigenvalue weighted by atomic mass is 14.0. The van der Waals surface area contributed by atoms with E-state index in [1.54, 1.807) is 0 Å². The number of fused-ring (bicyclic) bond motifs is 1. The summed E-state index contributed by atoms with van der Waals surface area (Å²) in [6.07, 6.45) is 2.86. The van der Waals surface area contributed by atoms with Crippen LogP contribution in [0.25, 0.3) is 10.8 Å². The van der Waals surface area contributed by atoms with Gasteiger partial charge < -0.3 is 0 Å². The van der Waals surface area contributed by atoms with Gasteiger partial charge in [-0.1, -0.05) is 42.5 Å². The SMILES string of the molecule is C=CCc1cc[c]c2ccccc12. The van der Waals surface area contributed by atoms with Crippen molar-refractivity contribution in [2.45, 2.75) is 6.42 Å². The fourth-order valence-electron chi connectivity index (χ4n) is 1.54. The molecule has 0 aliphatic carbocycles. The highest BCUT2D eigenvalue weighted by molar-refractivity contribution is 5.85. The topological polar surface area (TPSA) is 0 Å². The first-order valence-corrected chi connectivity index (χ1v) is 4.41. The Morgan fingerprint density at radius 1 is 1.23 bits per heavy atom. The molecule has 0 N–H and O–H groups in total. The maximum Gasteiger partial charge on any atom is -0.00940 e. The van der Waals surface area contributed by atoms with Crippen molar-refractivity contribution < 1.29 is 0 Å². The van der Waals surface area contributed by atoms with Crippen LogP contribution in [-0.2, 0) is 6.42 Å². The lowest BCUT2D eigenvalue weighted by Gasteiger charge is -2.02. The van der Waals surface area contributed by atoms with Crippen molar-refractivity contribution in [3.63, 3.8) is 0 Å². The van der Waals surface area contributed by atoms with Crippen LogP contribution in [0.2, 0.25) is 0 Å². The van der Waals surface area contributed by atoms with Gasteiger partial charge in [-0.2, -0.15) is 0 Å². The third kappa shape index (κ3) is 1.48. The molecule has 0 aromatic heterocycles. The van der Waals surface area contributed by atoms with E-state index in [1.807, 2.05) is 18.2 Å². The summed E-state index contributed by atoms with van der Waals surface area (Å²) in [5.41, 5.74) is 1.32. The average Bonchev–Trinajstić information content (AvgIpc) is 2.19. The van der Waals surface area contributed by atoms with Crippen LogP contribution in [0, 0.1) is 6.07 Å². The summed E-state index contributed by atoms with van der Waals surface area (Å²) in [5, 5.41) is 2.46. The van der Waals surface area contributed by atoms with Crippen LogP contribution >= 0.6 is 0 Å². The minimum absolute atomic E-state index is 0.926. The molecule has 63 valence electrons. The Kier molecular flexibility index (Phi) is 2.13. The van der Waals surface area contributed by atoms with Crippen molar-refractivity contribution in [2.75, 3.05) is 0 Å². The van der Waals surface area contributed by atoms with Gasteiger partial charge in [0, 0.05) is 0 Å². The van der Waals surface area contributed by atoms with E-state index in [0.29, 0.717) is 0 Å². The molecule has 0 saturated heterocycles. The van der Waals surface area contributed by atoms with E-state index in [2.05, 4.69) is 36.9 Å². The summed E-state index contributed by atoms with van der Waals surface area (Å²) in [7, 11) is 0. The molecular formula is C13H11. The Bertz CT molecular complexity index is 421. The second-order valence-electron chi connectivity index (χ2n) is 3.04. The molecule has 13 heavy (non-hydrogen) atoms. The Labute approximate surface area is 78.5 Å². The standard InChI is InChI=1S/C13H11/c1-2-6-11-8-5-9-12-7-3-4-10-13(11)12/h2-5,7-8,10H,1,6H2. The minimum Gasteiger partial charge on any atom is -0.103 e. The third-order valence-electron chi connectivity index (χ3n) is 2.16. The second-order valence-corrected chi connectivity index (χ2v) is 3.04. The number of allylic oxidation sites excluding steroid dienone is 1. The number of rotatable bonds is 2. The van der Waals surface area contributed by atoms with Crippen molar-refractivity contribution in [1.29, 1.82) is 0 Å². The van der Waals surface area contributed by atoms with Gasteiger partial charge in [-0.3, -0.25) is 0 Å². The monoisotopic (exact) mass is 167 g/mol. The predicted molar refractivity (Wildman–Crippen MR) is 56.7 cm³/mol. The summed E-state index contributed by atoms with van der Waals surface area (Å²) < 4.78 is 0. The molecule has 0 unspecified atom stereocenters. The molecule has 0 bridgehead atoms. The zero-order valence-corrected chi connectivity index (χ0v) is 7.46. The highest BCUT2D eigenvalue weighted by Crippen LogP contribution is 2.18. The molecule has 2 rings (SSSR count). The van der Waals surface area contributed by atoms with Gasteiger partial charge in [-0.05, 0) is 28.8 Å². The summed E-state index contributed by atoms with van der Waals surface area (Å²) in [6, 6.07) is 15.6. The van der Waals surface area contributed by atoms with Crippen molar-refractivity contribution in [3.8, 4) is 0 Å². The van der Waals surface area contributed by atoms with Crippen molar-refractivity contribution in [3.05, 3.63) is 60.7 Å². The fraction of sp³-hybridized carbons (Fsp3) is 0.0769. The van der Waals surface area contributed by atoms with Gasteiger partial charge in [0.2, 0.25) is 0 Å². The fourth-order valence-corrected chi connectivity index (χ4v) is 1.54. The molecule has 0 heteroatoms. The van der Waals surface area contributed by atoms with E-state index in [1.165, 1.54) is 16.3 Å². The molecule has 0 atom stereocenters. The van der Waals surface area contributed by atoms with Crippen molar-refractivity contribution in [2.24, 2.45) is 0 Å². The normalized spacial score (nSPS) is 10.2. The Morgan fingerprint density at radius 3 is 2.92 bits per heavy atom. The predicted octanol–water partition coefficient (Wildman–Crippen LogP) is 3.37. The van der Waals surface area contributed by atoms with E-state index in [-0.39, 0.29) is 0 Å². The van der Waals surface area contributed by atoms with Gasteiger partial charge >= 0.3 is 0 Å². The van der Waals surface area contributed by atoms with E-state index < -0.39 is 0 Å². The number of benzene rings is 2. The lowest BCUT2D eigenvalue weighted by molar-refractivity contribution is 1.31. The van der Waals surface area contributed by atoms with Crippen LogP contribution < -0.4 is 0 Å². The van der Waals surface area contributed by atoms with E-state index in [0.717, 1.165) is 6.42 Å². The first kappa shape index (κ1) is 8.06. The van der Waals surface area contributed by atoms with Crippen LogP contribution in [0.4, 0.5) is 0 Å². The molecule has 2 aromatic rings. The molecular weight excluding hydrogens is 156 g/mol. The number of hydrogen-bond donors (Lipinski definition) is 0. The van der Waals surface area contributed by atoms with Crippen LogP contribution in [0.5, 0.6) is 0 Å². The molecule has 0 fully saturated rings. The second kappa shape index (κ2) is 3.44. The quantitative estimate of drug-likeness (QED) is 0.601. The van der Waals surface area contributed by atoms with E-state index >= 15 is 0 Å². The first-order valence-electron chi connectivity index (χ1n) is 4.41. The van der Waals surface area contributed by atoms with Crippen LogP contribution in [-0.4, -0.2) is 0 Å². The zero-order valence-electron chi connectivity index (χ0n) is 7.46. The smallest absolute Gasteiger partial charge is 0.00940 e. The van der Waals surface area contributed by atoms with Crippen molar-refractivity contribution >= 4 is 10.8 Å². The largest absolute Gasteiger partial charge is 0.103 e. The van der Waals surface area contributed by atoms with Crippen LogP contribution in [0.3, 0.4) is 0 Å². The maximum atomic E-state index is 3.75. The van der Waals surface area contributed by atoms with Gasteiger partial charge in [0.05, 0.1) is 0 Å². The molecule has 0 aliphatic heterocycles. The molecule has 0 aliphatic rings. The van der Waals surface area contributed by atoms with Crippen LogP contribution in [0.1, 0.15) is 5.56 Å². The minimum atomic E-state index is 0.926. The molecule has 0 saturated carbocycles. The van der Waals surface area contributed by atoms with Crippen molar-refractivity contribution in [1.82, 2.24) is 0 Å². The average molecular weight is 167 g/mol. The maximum absolute atomic E-state index is 3.75. The Hall–Kier alpha value is -1.56. The molecule has 0 nitrogen and oxygen atoms in total. The summed E-state index contributed by atoms with van der Waals surface area (Å²) in [5.74, 6) is 0. The summed E-state index contributed by atoms with van der Waals surface area (Å²) in [6.45, 7) is 3.75. The Balaban J connectivity index is 2.68. The molecule has 0 heterocycles. The van der Waals surface area contributed by atoms with Gasteiger partial charge in [0.1, 0.15) is 0 Å². The summed E-state index contributed by atoms with van der Waals surface area (Å²) in [4.78, 5) is 0. The zero-order chi connectivity index (χ0) is 9.10. The summed E-state index contributed by atoms with van der Waals surface area (Å²) >= 11 is 0. The van der Waals surface area contributed by atoms with Gasteiger partial charge in [0.15, 0.2) is 0 Å². The van der Waals surface area contributed by atoms with E-state index in [9.17, 15) is 0 Å². The molecule has 1 radical (unpaired) electrons. The first-order chi connectivity index (χ1) is 6.42.